The molecule has 1 saturated heterocycles. The molecule has 1 heterocycles. The predicted molar refractivity (Wildman–Crippen MR) is 68.1 cm³/mol. The fourth-order valence-corrected chi connectivity index (χ4v) is 1.47. The zero-order chi connectivity index (χ0) is 12.5. The number of methoxy groups -OCH3 is 1. The van der Waals surface area contributed by atoms with Gasteiger partial charge in [0.1, 0.15) is 0 Å². The summed E-state index contributed by atoms with van der Waals surface area (Å²) in [6.07, 6.45) is 0. The van der Waals surface area contributed by atoms with Crippen LogP contribution in [0.5, 0.6) is 0 Å². The number of carbonyl (C=O) groups excluding carboxylic acids is 1. The van der Waals surface area contributed by atoms with Crippen molar-refractivity contribution < 1.29 is 9.53 Å². The number of ether oxygens (including phenoxy) is 1. The van der Waals surface area contributed by atoms with E-state index in [2.05, 4.69) is 22.0 Å². The van der Waals surface area contributed by atoms with Gasteiger partial charge in [0.05, 0.1) is 12.7 Å². The number of esters is 1. The number of hydrogen-bond donors (Lipinski definition) is 1. The first-order valence-corrected chi connectivity index (χ1v) is 5.76. The zero-order valence-electron chi connectivity index (χ0n) is 10.5. The Kier molecular flexibility index (Phi) is 6.29. The number of nitrogens with one attached hydrogen (secondary N) is 1. The van der Waals surface area contributed by atoms with E-state index in [0.29, 0.717) is 5.56 Å². The van der Waals surface area contributed by atoms with E-state index in [-0.39, 0.29) is 5.97 Å². The van der Waals surface area contributed by atoms with Gasteiger partial charge in [-0.05, 0) is 19.2 Å². The average molecular weight is 236 g/mol. The third-order valence-corrected chi connectivity index (χ3v) is 2.54. The minimum atomic E-state index is -0.291. The van der Waals surface area contributed by atoms with Crippen molar-refractivity contribution in [2.75, 3.05) is 40.3 Å². The Morgan fingerprint density at radius 1 is 1.24 bits per heavy atom. The predicted octanol–water partition coefficient (Wildman–Crippen LogP) is 0.995. The van der Waals surface area contributed by atoms with Crippen LogP contribution in [-0.2, 0) is 4.74 Å². The summed E-state index contributed by atoms with van der Waals surface area (Å²) in [5.74, 6) is -0.291. The summed E-state index contributed by atoms with van der Waals surface area (Å²) in [5, 5.41) is 3.27. The molecule has 0 aromatic heterocycles. The van der Waals surface area contributed by atoms with Gasteiger partial charge >= 0.3 is 5.97 Å². The molecule has 0 spiro atoms. The summed E-state index contributed by atoms with van der Waals surface area (Å²) in [5.41, 5.74) is 0.588. The molecular formula is C13H20N2O2. The molecule has 0 unspecified atom stereocenters. The number of likely N-dealkylation sites (N-methyl/N-ethyl adjacent to an activating group) is 1. The quantitative estimate of drug-likeness (QED) is 0.738. The number of nitrogens with zero attached hydrogens (tertiary/aromatic N) is 1. The van der Waals surface area contributed by atoms with Gasteiger partial charge in [-0.15, -0.1) is 0 Å². The Morgan fingerprint density at radius 3 is 2.24 bits per heavy atom. The Bertz CT molecular complexity index is 321. The summed E-state index contributed by atoms with van der Waals surface area (Å²) < 4.78 is 4.50. The molecule has 17 heavy (non-hydrogen) atoms. The topological polar surface area (TPSA) is 41.6 Å². The maximum atomic E-state index is 10.8. The van der Waals surface area contributed by atoms with Crippen molar-refractivity contribution in [2.24, 2.45) is 0 Å². The van der Waals surface area contributed by atoms with Gasteiger partial charge < -0.3 is 15.0 Å². The van der Waals surface area contributed by atoms with Crippen LogP contribution in [-0.4, -0.2) is 51.2 Å². The van der Waals surface area contributed by atoms with Gasteiger partial charge in [0.2, 0.25) is 0 Å². The molecule has 0 amide bonds. The lowest BCUT2D eigenvalue weighted by molar-refractivity contribution is 0.0601. The highest BCUT2D eigenvalue weighted by Gasteiger charge is 2.01. The first-order valence-electron chi connectivity index (χ1n) is 5.76. The van der Waals surface area contributed by atoms with Crippen molar-refractivity contribution >= 4 is 5.97 Å². The van der Waals surface area contributed by atoms with Crippen molar-refractivity contribution in [1.82, 2.24) is 10.2 Å². The van der Waals surface area contributed by atoms with Crippen LogP contribution in [0.15, 0.2) is 30.3 Å². The van der Waals surface area contributed by atoms with Crippen molar-refractivity contribution in [3.63, 3.8) is 0 Å². The van der Waals surface area contributed by atoms with Crippen LogP contribution in [0.2, 0.25) is 0 Å². The van der Waals surface area contributed by atoms with Crippen molar-refractivity contribution in [2.45, 2.75) is 0 Å². The highest BCUT2D eigenvalue weighted by Crippen LogP contribution is 1.98. The summed E-state index contributed by atoms with van der Waals surface area (Å²) >= 11 is 0. The monoisotopic (exact) mass is 236 g/mol. The Balaban J connectivity index is 0.000000181. The van der Waals surface area contributed by atoms with Crippen molar-refractivity contribution in [3.05, 3.63) is 35.9 Å². The van der Waals surface area contributed by atoms with Crippen LogP contribution in [0, 0.1) is 0 Å². The zero-order valence-corrected chi connectivity index (χ0v) is 10.5. The second-order valence-electron chi connectivity index (χ2n) is 3.91. The molecule has 0 aliphatic carbocycles. The third-order valence-electron chi connectivity index (χ3n) is 2.54. The van der Waals surface area contributed by atoms with Crippen LogP contribution < -0.4 is 5.32 Å². The maximum absolute atomic E-state index is 10.8. The SMILES string of the molecule is CN1CCNCC1.COC(=O)c1ccccc1. The summed E-state index contributed by atoms with van der Waals surface area (Å²) in [7, 11) is 3.52. The molecule has 0 radical (unpaired) electrons. The van der Waals surface area contributed by atoms with E-state index in [0.717, 1.165) is 13.1 Å². The van der Waals surface area contributed by atoms with Crippen LogP contribution in [0.3, 0.4) is 0 Å². The van der Waals surface area contributed by atoms with E-state index >= 15 is 0 Å². The van der Waals surface area contributed by atoms with Crippen molar-refractivity contribution in [3.8, 4) is 0 Å². The lowest BCUT2D eigenvalue weighted by Crippen LogP contribution is -2.40. The van der Waals surface area contributed by atoms with Gasteiger partial charge in [-0.25, -0.2) is 4.79 Å². The minimum absolute atomic E-state index is 0.291. The summed E-state index contributed by atoms with van der Waals surface area (Å²) in [6, 6.07) is 8.88. The molecule has 0 saturated carbocycles. The van der Waals surface area contributed by atoms with Crippen LogP contribution >= 0.6 is 0 Å². The lowest BCUT2D eigenvalue weighted by Gasteiger charge is -2.21. The van der Waals surface area contributed by atoms with Gasteiger partial charge in [-0.2, -0.15) is 0 Å². The number of piperazine rings is 1. The first kappa shape index (κ1) is 13.7. The Labute approximate surface area is 103 Å². The smallest absolute Gasteiger partial charge is 0.337 e. The minimum Gasteiger partial charge on any atom is -0.465 e. The fourth-order valence-electron chi connectivity index (χ4n) is 1.47. The second-order valence-corrected chi connectivity index (χ2v) is 3.91. The van der Waals surface area contributed by atoms with Gasteiger partial charge in [0.15, 0.2) is 0 Å². The fraction of sp³-hybridized carbons (Fsp3) is 0.462. The van der Waals surface area contributed by atoms with Gasteiger partial charge in [-0.3, -0.25) is 0 Å². The largest absolute Gasteiger partial charge is 0.465 e. The number of hydrogen-bond acceptors (Lipinski definition) is 4. The molecule has 4 heteroatoms. The summed E-state index contributed by atoms with van der Waals surface area (Å²) in [6.45, 7) is 4.74. The highest BCUT2D eigenvalue weighted by molar-refractivity contribution is 5.89. The van der Waals surface area contributed by atoms with Crippen LogP contribution in [0.25, 0.3) is 0 Å². The molecular weight excluding hydrogens is 216 g/mol. The standard InChI is InChI=1S/C8H8O2.C5H12N2/c1-10-8(9)7-5-3-2-4-6-7;1-7-4-2-6-3-5-7/h2-6H,1H3;6H,2-5H2,1H3. The normalized spacial score (nSPS) is 15.6. The Hall–Kier alpha value is -1.39. The van der Waals surface area contributed by atoms with Crippen molar-refractivity contribution in [1.29, 1.82) is 0 Å². The highest BCUT2D eigenvalue weighted by atomic mass is 16.5. The molecule has 1 aromatic rings. The average Bonchev–Trinajstić information content (AvgIpc) is 2.40. The third kappa shape index (κ3) is 5.47. The molecule has 1 aliphatic rings. The van der Waals surface area contributed by atoms with Crippen LogP contribution in [0.4, 0.5) is 0 Å². The van der Waals surface area contributed by atoms with E-state index in [9.17, 15) is 4.79 Å². The molecule has 1 aliphatic heterocycles. The van der Waals surface area contributed by atoms with E-state index < -0.39 is 0 Å². The molecule has 1 fully saturated rings. The van der Waals surface area contributed by atoms with E-state index in [1.165, 1.54) is 20.2 Å². The molecule has 0 bridgehead atoms. The maximum Gasteiger partial charge on any atom is 0.337 e. The van der Waals surface area contributed by atoms with Crippen LogP contribution in [0.1, 0.15) is 10.4 Å². The Morgan fingerprint density at radius 2 is 1.82 bits per heavy atom. The number of benzene rings is 1. The van der Waals surface area contributed by atoms with E-state index in [4.69, 9.17) is 0 Å². The molecule has 0 atom stereocenters. The summed E-state index contributed by atoms with van der Waals surface area (Å²) in [4.78, 5) is 13.1. The lowest BCUT2D eigenvalue weighted by atomic mass is 10.2. The molecule has 2 rings (SSSR count). The molecule has 94 valence electrons. The number of carbonyl (C=O) groups is 1. The molecule has 4 nitrogen and oxygen atoms in total. The van der Waals surface area contributed by atoms with Gasteiger partial charge in [0.25, 0.3) is 0 Å². The van der Waals surface area contributed by atoms with Gasteiger partial charge in [-0.1, -0.05) is 18.2 Å². The molecule has 1 aromatic carbocycles. The van der Waals surface area contributed by atoms with Gasteiger partial charge in [0, 0.05) is 26.2 Å². The molecule has 1 N–H and O–H groups in total. The number of rotatable bonds is 1. The first-order chi connectivity index (χ1) is 8.24. The van der Waals surface area contributed by atoms with E-state index in [1.54, 1.807) is 24.3 Å². The van der Waals surface area contributed by atoms with E-state index in [1.807, 2.05) is 6.07 Å². The second kappa shape index (κ2) is 7.81.